The summed E-state index contributed by atoms with van der Waals surface area (Å²) in [7, 11) is 1.73. The molecule has 1 amide bonds. The zero-order valence-electron chi connectivity index (χ0n) is 17.3. The van der Waals surface area contributed by atoms with Crippen molar-refractivity contribution >= 4 is 29.0 Å². The molecule has 2 aromatic heterocycles. The quantitative estimate of drug-likeness (QED) is 0.365. The van der Waals surface area contributed by atoms with Crippen molar-refractivity contribution in [3.05, 3.63) is 76.2 Å². The van der Waals surface area contributed by atoms with Gasteiger partial charge in [-0.05, 0) is 43.3 Å². The maximum Gasteiger partial charge on any atom is 0.233 e. The van der Waals surface area contributed by atoms with E-state index < -0.39 is 11.6 Å². The van der Waals surface area contributed by atoms with Crippen molar-refractivity contribution in [3.8, 4) is 17.1 Å². The standard InChI is InChI=1S/C22H19F2N5OS2/c1-14-25-11-17(32-14)12-28(2)20(30)13-31-22-27-26-21(18-5-3-4-6-19(18)24)29(22)16-9-7-15(23)8-10-16/h3-11H,12-13H2,1-2H3. The second-order valence-corrected chi connectivity index (χ2v) is 9.24. The van der Waals surface area contributed by atoms with Crippen molar-refractivity contribution < 1.29 is 13.6 Å². The van der Waals surface area contributed by atoms with Gasteiger partial charge in [-0.3, -0.25) is 9.36 Å². The molecule has 4 aromatic rings. The number of halogens is 2. The average molecular weight is 472 g/mol. The number of aryl methyl sites for hydroxylation is 1. The molecule has 4 rings (SSSR count). The first kappa shape index (κ1) is 22.1. The largest absolute Gasteiger partial charge is 0.340 e. The molecule has 10 heteroatoms. The Kier molecular flexibility index (Phi) is 6.61. The Balaban J connectivity index is 1.59. The Morgan fingerprint density at radius 3 is 2.56 bits per heavy atom. The fourth-order valence-electron chi connectivity index (χ4n) is 3.04. The molecule has 32 heavy (non-hydrogen) atoms. The Morgan fingerprint density at radius 1 is 1.12 bits per heavy atom. The van der Waals surface area contributed by atoms with Gasteiger partial charge in [-0.2, -0.15) is 0 Å². The number of nitrogens with zero attached hydrogens (tertiary/aromatic N) is 5. The number of thioether (sulfide) groups is 1. The molecule has 0 aliphatic rings. The van der Waals surface area contributed by atoms with Gasteiger partial charge in [0.15, 0.2) is 11.0 Å². The average Bonchev–Trinajstić information content (AvgIpc) is 3.38. The molecule has 2 aromatic carbocycles. The van der Waals surface area contributed by atoms with Gasteiger partial charge >= 0.3 is 0 Å². The molecule has 6 nitrogen and oxygen atoms in total. The number of carbonyl (C=O) groups is 1. The Morgan fingerprint density at radius 2 is 1.88 bits per heavy atom. The smallest absolute Gasteiger partial charge is 0.233 e. The SMILES string of the molecule is Cc1ncc(CN(C)C(=O)CSc2nnc(-c3ccccc3F)n2-c2ccc(F)cc2)s1. The minimum atomic E-state index is -0.449. The van der Waals surface area contributed by atoms with Crippen molar-refractivity contribution in [2.75, 3.05) is 12.8 Å². The van der Waals surface area contributed by atoms with Gasteiger partial charge < -0.3 is 4.90 Å². The van der Waals surface area contributed by atoms with E-state index >= 15 is 0 Å². The van der Waals surface area contributed by atoms with E-state index in [9.17, 15) is 13.6 Å². The van der Waals surface area contributed by atoms with E-state index in [1.165, 1.54) is 30.0 Å². The van der Waals surface area contributed by atoms with Crippen LogP contribution in [-0.4, -0.2) is 43.4 Å². The minimum Gasteiger partial charge on any atom is -0.340 e. The van der Waals surface area contributed by atoms with Crippen molar-refractivity contribution in [2.45, 2.75) is 18.6 Å². The van der Waals surface area contributed by atoms with Crippen LogP contribution in [0.4, 0.5) is 8.78 Å². The molecule has 0 atom stereocenters. The molecule has 0 bridgehead atoms. The predicted octanol–water partition coefficient (Wildman–Crippen LogP) is 4.73. The first-order valence-corrected chi connectivity index (χ1v) is 11.5. The number of amides is 1. The van der Waals surface area contributed by atoms with Crippen LogP contribution in [0.3, 0.4) is 0 Å². The summed E-state index contributed by atoms with van der Waals surface area (Å²) in [5.74, 6) is -0.542. The number of aromatic nitrogens is 4. The second kappa shape index (κ2) is 9.58. The fourth-order valence-corrected chi connectivity index (χ4v) is 4.78. The fraction of sp³-hybridized carbons (Fsp3) is 0.182. The summed E-state index contributed by atoms with van der Waals surface area (Å²) >= 11 is 2.74. The number of thiazole rings is 1. The van der Waals surface area contributed by atoms with Crippen LogP contribution in [-0.2, 0) is 11.3 Å². The molecular formula is C22H19F2N5OS2. The van der Waals surface area contributed by atoms with Gasteiger partial charge in [0.05, 0.1) is 22.9 Å². The predicted molar refractivity (Wildman–Crippen MR) is 121 cm³/mol. The lowest BCUT2D eigenvalue weighted by Gasteiger charge is -2.16. The van der Waals surface area contributed by atoms with Crippen molar-refractivity contribution in [3.63, 3.8) is 0 Å². The minimum absolute atomic E-state index is 0.0952. The van der Waals surface area contributed by atoms with Crippen molar-refractivity contribution in [2.24, 2.45) is 0 Å². The van der Waals surface area contributed by atoms with E-state index in [0.29, 0.717) is 17.4 Å². The zero-order valence-corrected chi connectivity index (χ0v) is 19.0. The highest BCUT2D eigenvalue weighted by atomic mass is 32.2. The molecule has 0 fully saturated rings. The number of benzene rings is 2. The van der Waals surface area contributed by atoms with E-state index in [1.54, 1.807) is 64.4 Å². The summed E-state index contributed by atoms with van der Waals surface area (Å²) in [5.41, 5.74) is 0.832. The van der Waals surface area contributed by atoms with E-state index in [0.717, 1.165) is 9.88 Å². The normalized spacial score (nSPS) is 11.0. The maximum absolute atomic E-state index is 14.5. The van der Waals surface area contributed by atoms with Crippen LogP contribution in [0.25, 0.3) is 17.1 Å². The monoisotopic (exact) mass is 471 g/mol. The zero-order chi connectivity index (χ0) is 22.7. The summed E-state index contributed by atoms with van der Waals surface area (Å²) in [6, 6.07) is 12.0. The summed E-state index contributed by atoms with van der Waals surface area (Å²) in [4.78, 5) is 19.5. The molecule has 0 saturated heterocycles. The highest BCUT2D eigenvalue weighted by Crippen LogP contribution is 2.29. The number of hydrogen-bond acceptors (Lipinski definition) is 6. The van der Waals surface area contributed by atoms with Crippen LogP contribution in [0.1, 0.15) is 9.88 Å². The molecular weight excluding hydrogens is 452 g/mol. The molecule has 0 unspecified atom stereocenters. The molecule has 164 valence electrons. The lowest BCUT2D eigenvalue weighted by molar-refractivity contribution is -0.127. The Hall–Kier alpha value is -3.11. The van der Waals surface area contributed by atoms with Crippen LogP contribution in [0, 0.1) is 18.6 Å². The van der Waals surface area contributed by atoms with Crippen molar-refractivity contribution in [1.29, 1.82) is 0 Å². The first-order valence-electron chi connectivity index (χ1n) is 9.66. The lowest BCUT2D eigenvalue weighted by atomic mass is 10.2. The second-order valence-electron chi connectivity index (χ2n) is 6.98. The first-order chi connectivity index (χ1) is 15.4. The van der Waals surface area contributed by atoms with Crippen LogP contribution in [0.5, 0.6) is 0 Å². The maximum atomic E-state index is 14.5. The summed E-state index contributed by atoms with van der Waals surface area (Å²) in [5, 5.41) is 9.71. The third kappa shape index (κ3) is 4.86. The third-order valence-electron chi connectivity index (χ3n) is 4.65. The van der Waals surface area contributed by atoms with Gasteiger partial charge in [-0.1, -0.05) is 23.9 Å². The molecule has 0 spiro atoms. The van der Waals surface area contributed by atoms with Gasteiger partial charge in [-0.15, -0.1) is 21.5 Å². The van der Waals surface area contributed by atoms with Crippen LogP contribution in [0.2, 0.25) is 0 Å². The molecule has 0 aliphatic carbocycles. The van der Waals surface area contributed by atoms with Crippen molar-refractivity contribution in [1.82, 2.24) is 24.6 Å². The van der Waals surface area contributed by atoms with Gasteiger partial charge in [0.2, 0.25) is 5.91 Å². The molecule has 0 saturated carbocycles. The van der Waals surface area contributed by atoms with Gasteiger partial charge in [0.25, 0.3) is 0 Å². The molecule has 0 N–H and O–H groups in total. The third-order valence-corrected chi connectivity index (χ3v) is 6.46. The van der Waals surface area contributed by atoms with Crippen LogP contribution in [0.15, 0.2) is 59.9 Å². The number of hydrogen-bond donors (Lipinski definition) is 0. The van der Waals surface area contributed by atoms with E-state index in [2.05, 4.69) is 15.2 Å². The number of rotatable bonds is 7. The highest BCUT2D eigenvalue weighted by molar-refractivity contribution is 7.99. The lowest BCUT2D eigenvalue weighted by Crippen LogP contribution is -2.27. The molecule has 2 heterocycles. The van der Waals surface area contributed by atoms with E-state index in [1.807, 2.05) is 6.92 Å². The van der Waals surface area contributed by atoms with Gasteiger partial charge in [-0.25, -0.2) is 13.8 Å². The molecule has 0 radical (unpaired) electrons. The van der Waals surface area contributed by atoms with E-state index in [-0.39, 0.29) is 23.0 Å². The van der Waals surface area contributed by atoms with Gasteiger partial charge in [0, 0.05) is 23.8 Å². The Bertz CT molecular complexity index is 1240. The Labute approximate surface area is 191 Å². The van der Waals surface area contributed by atoms with Crippen LogP contribution < -0.4 is 0 Å². The van der Waals surface area contributed by atoms with E-state index in [4.69, 9.17) is 0 Å². The number of carbonyl (C=O) groups excluding carboxylic acids is 1. The summed E-state index contributed by atoms with van der Waals surface area (Å²) in [6.07, 6.45) is 1.77. The topological polar surface area (TPSA) is 63.9 Å². The molecule has 0 aliphatic heterocycles. The highest BCUT2D eigenvalue weighted by Gasteiger charge is 2.20. The van der Waals surface area contributed by atoms with Gasteiger partial charge in [0.1, 0.15) is 11.6 Å². The summed E-state index contributed by atoms with van der Waals surface area (Å²) < 4.78 is 29.6. The van der Waals surface area contributed by atoms with Crippen LogP contribution >= 0.6 is 23.1 Å². The summed E-state index contributed by atoms with van der Waals surface area (Å²) in [6.45, 7) is 2.39.